The Balaban J connectivity index is 1.81. The van der Waals surface area contributed by atoms with Crippen molar-refractivity contribution in [2.75, 3.05) is 18.5 Å². The van der Waals surface area contributed by atoms with E-state index in [0.717, 1.165) is 42.8 Å². The molecule has 0 aliphatic carbocycles. The summed E-state index contributed by atoms with van der Waals surface area (Å²) in [5, 5.41) is 6.49. The standard InChI is InChI=1S/C13H20N4OS/c1-3-18-8-4-6-17-7-5-14-13(17)15-9-12-10-19-11(2)16-12/h5,7,10H,3-4,6,8-9H2,1-2H3,(H,14,15). The highest BCUT2D eigenvalue weighted by Crippen LogP contribution is 2.11. The molecule has 0 aromatic carbocycles. The first-order valence-electron chi connectivity index (χ1n) is 6.53. The van der Waals surface area contributed by atoms with Gasteiger partial charge in [0.15, 0.2) is 0 Å². The Kier molecular flexibility index (Phi) is 5.35. The van der Waals surface area contributed by atoms with Gasteiger partial charge in [0.05, 0.1) is 17.2 Å². The van der Waals surface area contributed by atoms with Crippen LogP contribution in [0.5, 0.6) is 0 Å². The summed E-state index contributed by atoms with van der Waals surface area (Å²) in [5.74, 6) is 0.891. The van der Waals surface area contributed by atoms with Crippen molar-refractivity contribution in [1.29, 1.82) is 0 Å². The second-order valence-corrected chi connectivity index (χ2v) is 5.27. The van der Waals surface area contributed by atoms with Crippen LogP contribution >= 0.6 is 11.3 Å². The molecule has 0 radical (unpaired) electrons. The van der Waals surface area contributed by atoms with Gasteiger partial charge in [0.2, 0.25) is 5.95 Å². The van der Waals surface area contributed by atoms with E-state index in [0.29, 0.717) is 6.54 Å². The maximum atomic E-state index is 5.34. The molecule has 2 heterocycles. The predicted molar refractivity (Wildman–Crippen MR) is 77.5 cm³/mol. The lowest BCUT2D eigenvalue weighted by Crippen LogP contribution is -2.09. The van der Waals surface area contributed by atoms with Crippen molar-refractivity contribution in [2.45, 2.75) is 33.4 Å². The second kappa shape index (κ2) is 7.25. The largest absolute Gasteiger partial charge is 0.382 e. The number of ether oxygens (including phenoxy) is 1. The Morgan fingerprint density at radius 2 is 2.37 bits per heavy atom. The zero-order chi connectivity index (χ0) is 13.5. The molecule has 0 saturated heterocycles. The number of aromatic nitrogens is 3. The van der Waals surface area contributed by atoms with Crippen molar-refractivity contribution in [3.8, 4) is 0 Å². The number of anilines is 1. The molecule has 5 nitrogen and oxygen atoms in total. The van der Waals surface area contributed by atoms with E-state index in [9.17, 15) is 0 Å². The van der Waals surface area contributed by atoms with Crippen molar-refractivity contribution in [3.05, 3.63) is 28.5 Å². The number of nitrogens with one attached hydrogen (secondary N) is 1. The predicted octanol–water partition coefficient (Wildman–Crippen LogP) is 2.69. The van der Waals surface area contributed by atoms with Gasteiger partial charge in [0, 0.05) is 37.5 Å². The van der Waals surface area contributed by atoms with Crippen LogP contribution in [0.4, 0.5) is 5.95 Å². The molecule has 104 valence electrons. The summed E-state index contributed by atoms with van der Waals surface area (Å²) >= 11 is 1.67. The third-order valence-corrected chi connectivity index (χ3v) is 3.52. The van der Waals surface area contributed by atoms with Gasteiger partial charge in [0.1, 0.15) is 0 Å². The molecule has 1 N–H and O–H groups in total. The zero-order valence-corrected chi connectivity index (χ0v) is 12.2. The molecule has 0 atom stereocenters. The molecule has 0 saturated carbocycles. The second-order valence-electron chi connectivity index (χ2n) is 4.21. The Bertz CT molecular complexity index is 494. The van der Waals surface area contributed by atoms with Crippen LogP contribution in [-0.2, 0) is 17.8 Å². The number of rotatable bonds is 8. The first-order chi connectivity index (χ1) is 9.29. The molecule has 0 aliphatic heterocycles. The average molecular weight is 280 g/mol. The molecule has 2 rings (SSSR count). The maximum absolute atomic E-state index is 5.34. The van der Waals surface area contributed by atoms with Crippen LogP contribution in [-0.4, -0.2) is 27.7 Å². The van der Waals surface area contributed by atoms with E-state index < -0.39 is 0 Å². The Labute approximate surface area is 117 Å². The molecule has 19 heavy (non-hydrogen) atoms. The van der Waals surface area contributed by atoms with Crippen molar-refractivity contribution >= 4 is 17.3 Å². The van der Waals surface area contributed by atoms with Gasteiger partial charge in [-0.2, -0.15) is 0 Å². The Hall–Kier alpha value is -1.40. The molecular weight excluding hydrogens is 260 g/mol. The van der Waals surface area contributed by atoms with Crippen LogP contribution in [0.25, 0.3) is 0 Å². The lowest BCUT2D eigenvalue weighted by atomic mass is 10.4. The van der Waals surface area contributed by atoms with Crippen molar-refractivity contribution in [2.24, 2.45) is 0 Å². The van der Waals surface area contributed by atoms with Gasteiger partial charge in [0.25, 0.3) is 0 Å². The number of hydrogen-bond acceptors (Lipinski definition) is 5. The summed E-state index contributed by atoms with van der Waals surface area (Å²) in [7, 11) is 0. The third-order valence-electron chi connectivity index (χ3n) is 2.70. The van der Waals surface area contributed by atoms with Crippen LogP contribution in [0.15, 0.2) is 17.8 Å². The average Bonchev–Trinajstić information content (AvgIpc) is 3.01. The maximum Gasteiger partial charge on any atom is 0.203 e. The Morgan fingerprint density at radius 3 is 3.11 bits per heavy atom. The molecule has 2 aromatic rings. The fraction of sp³-hybridized carbons (Fsp3) is 0.538. The highest BCUT2D eigenvalue weighted by Gasteiger charge is 2.03. The number of hydrogen-bond donors (Lipinski definition) is 1. The molecule has 0 amide bonds. The normalized spacial score (nSPS) is 10.8. The van der Waals surface area contributed by atoms with Gasteiger partial charge < -0.3 is 14.6 Å². The van der Waals surface area contributed by atoms with E-state index in [1.54, 1.807) is 11.3 Å². The summed E-state index contributed by atoms with van der Waals surface area (Å²) in [6, 6.07) is 0. The van der Waals surface area contributed by atoms with E-state index in [1.165, 1.54) is 0 Å². The van der Waals surface area contributed by atoms with E-state index >= 15 is 0 Å². The van der Waals surface area contributed by atoms with Gasteiger partial charge in [-0.25, -0.2) is 9.97 Å². The first-order valence-corrected chi connectivity index (χ1v) is 7.41. The van der Waals surface area contributed by atoms with E-state index in [-0.39, 0.29) is 0 Å². The topological polar surface area (TPSA) is 52.0 Å². The van der Waals surface area contributed by atoms with Crippen LogP contribution < -0.4 is 5.32 Å². The first kappa shape index (κ1) is 14.0. The molecule has 0 bridgehead atoms. The van der Waals surface area contributed by atoms with Crippen LogP contribution in [0, 0.1) is 6.92 Å². The highest BCUT2D eigenvalue weighted by atomic mass is 32.1. The van der Waals surface area contributed by atoms with E-state index in [1.807, 2.05) is 26.2 Å². The Morgan fingerprint density at radius 1 is 1.47 bits per heavy atom. The van der Waals surface area contributed by atoms with E-state index in [2.05, 4.69) is 25.2 Å². The number of imidazole rings is 1. The van der Waals surface area contributed by atoms with Crippen molar-refractivity contribution in [3.63, 3.8) is 0 Å². The molecule has 2 aromatic heterocycles. The molecule has 0 aliphatic rings. The molecule has 0 unspecified atom stereocenters. The van der Waals surface area contributed by atoms with Gasteiger partial charge in [-0.05, 0) is 20.3 Å². The minimum Gasteiger partial charge on any atom is -0.382 e. The van der Waals surface area contributed by atoms with Crippen molar-refractivity contribution in [1.82, 2.24) is 14.5 Å². The lowest BCUT2D eigenvalue weighted by molar-refractivity contribution is 0.142. The molecule has 6 heteroatoms. The smallest absolute Gasteiger partial charge is 0.203 e. The molecular formula is C13H20N4OS. The van der Waals surface area contributed by atoms with Crippen LogP contribution in [0.2, 0.25) is 0 Å². The number of thiazole rings is 1. The van der Waals surface area contributed by atoms with Gasteiger partial charge in [-0.1, -0.05) is 0 Å². The van der Waals surface area contributed by atoms with Crippen molar-refractivity contribution < 1.29 is 4.74 Å². The van der Waals surface area contributed by atoms with Crippen LogP contribution in [0.1, 0.15) is 24.0 Å². The summed E-state index contributed by atoms with van der Waals surface area (Å²) in [5.41, 5.74) is 1.06. The minimum atomic E-state index is 0.715. The molecule has 0 spiro atoms. The summed E-state index contributed by atoms with van der Waals surface area (Å²) < 4.78 is 7.45. The van der Waals surface area contributed by atoms with Gasteiger partial charge in [-0.3, -0.25) is 0 Å². The highest BCUT2D eigenvalue weighted by molar-refractivity contribution is 7.09. The summed E-state index contributed by atoms with van der Waals surface area (Å²) in [6.45, 7) is 7.23. The fourth-order valence-electron chi connectivity index (χ4n) is 1.80. The fourth-order valence-corrected chi connectivity index (χ4v) is 2.41. The molecule has 0 fully saturated rings. The monoisotopic (exact) mass is 280 g/mol. The quantitative estimate of drug-likeness (QED) is 0.755. The SMILES string of the molecule is CCOCCCn1ccnc1NCc1csc(C)n1. The summed E-state index contributed by atoms with van der Waals surface area (Å²) in [4.78, 5) is 8.75. The lowest BCUT2D eigenvalue weighted by Gasteiger charge is -2.08. The minimum absolute atomic E-state index is 0.715. The number of nitrogens with zero attached hydrogens (tertiary/aromatic N) is 3. The van der Waals surface area contributed by atoms with E-state index in [4.69, 9.17) is 4.74 Å². The third kappa shape index (κ3) is 4.33. The van der Waals surface area contributed by atoms with Crippen LogP contribution in [0.3, 0.4) is 0 Å². The summed E-state index contributed by atoms with van der Waals surface area (Å²) in [6.07, 6.45) is 4.80. The van der Waals surface area contributed by atoms with Gasteiger partial charge in [-0.15, -0.1) is 11.3 Å². The van der Waals surface area contributed by atoms with Gasteiger partial charge >= 0.3 is 0 Å². The zero-order valence-electron chi connectivity index (χ0n) is 11.4. The number of aryl methyl sites for hydroxylation is 2.